The lowest BCUT2D eigenvalue weighted by molar-refractivity contribution is 0.101. The van der Waals surface area contributed by atoms with Gasteiger partial charge in [0.15, 0.2) is 5.78 Å². The minimum atomic E-state index is -0.385. The van der Waals surface area contributed by atoms with Crippen molar-refractivity contribution in [1.29, 1.82) is 0 Å². The highest BCUT2D eigenvalue weighted by molar-refractivity contribution is 6.08. The maximum Gasteiger partial charge on any atom is 0.272 e. The van der Waals surface area contributed by atoms with Crippen LogP contribution in [0.2, 0.25) is 0 Å². The zero-order valence-corrected chi connectivity index (χ0v) is 15.0. The second-order valence-corrected chi connectivity index (χ2v) is 7.12. The smallest absolute Gasteiger partial charge is 0.272 e. The van der Waals surface area contributed by atoms with Gasteiger partial charge < -0.3 is 15.4 Å². The number of phenols is 1. The molecule has 3 N–H and O–H groups in total. The quantitative estimate of drug-likeness (QED) is 0.586. The number of phenolic OH excluding ortho intramolecular Hbond substituents is 1. The number of nitrogens with one attached hydrogen (secondary N) is 2. The molecule has 0 unspecified atom stereocenters. The second kappa shape index (κ2) is 6.15. The molecule has 0 spiro atoms. The summed E-state index contributed by atoms with van der Waals surface area (Å²) in [4.78, 5) is 27.2. The van der Waals surface area contributed by atoms with Crippen molar-refractivity contribution in [2.45, 2.75) is 47.0 Å². The Morgan fingerprint density at radius 2 is 1.79 bits per heavy atom. The van der Waals surface area contributed by atoms with Gasteiger partial charge >= 0.3 is 0 Å². The van der Waals surface area contributed by atoms with Crippen LogP contribution in [-0.4, -0.2) is 21.8 Å². The van der Waals surface area contributed by atoms with Gasteiger partial charge in [0.1, 0.15) is 11.4 Å². The van der Waals surface area contributed by atoms with E-state index in [-0.39, 0.29) is 22.9 Å². The normalized spacial score (nSPS) is 11.4. The SMILES string of the molecule is CC(=O)c1c(C)[nH]c(C(=O)Nc2cc(C(C)(C)C)ccc2O)c1C. The lowest BCUT2D eigenvalue weighted by atomic mass is 9.87. The van der Waals surface area contributed by atoms with Crippen molar-refractivity contribution in [3.05, 3.63) is 46.3 Å². The van der Waals surface area contributed by atoms with Crippen molar-refractivity contribution in [3.63, 3.8) is 0 Å². The van der Waals surface area contributed by atoms with Gasteiger partial charge in [0.05, 0.1) is 5.69 Å². The summed E-state index contributed by atoms with van der Waals surface area (Å²) in [5, 5.41) is 12.8. The molecule has 0 atom stereocenters. The molecule has 5 heteroatoms. The molecule has 0 aliphatic rings. The predicted octanol–water partition coefficient (Wildman–Crippen LogP) is 4.09. The molecule has 24 heavy (non-hydrogen) atoms. The molecule has 0 radical (unpaired) electrons. The summed E-state index contributed by atoms with van der Waals surface area (Å²) in [7, 11) is 0. The Bertz CT molecular complexity index is 811. The molecule has 0 bridgehead atoms. The van der Waals surface area contributed by atoms with E-state index in [1.165, 1.54) is 6.92 Å². The van der Waals surface area contributed by atoms with Crippen LogP contribution in [0.15, 0.2) is 18.2 Å². The number of amides is 1. The lowest BCUT2D eigenvalue weighted by Crippen LogP contribution is -2.16. The largest absolute Gasteiger partial charge is 0.506 e. The summed E-state index contributed by atoms with van der Waals surface area (Å²) in [6, 6.07) is 5.18. The summed E-state index contributed by atoms with van der Waals surface area (Å²) >= 11 is 0. The van der Waals surface area contributed by atoms with Crippen molar-refractivity contribution in [2.75, 3.05) is 5.32 Å². The summed E-state index contributed by atoms with van der Waals surface area (Å²) in [5.74, 6) is -0.466. The number of aryl methyl sites for hydroxylation is 1. The van der Waals surface area contributed by atoms with E-state index in [9.17, 15) is 14.7 Å². The molecule has 1 amide bonds. The first-order chi connectivity index (χ1) is 11.0. The highest BCUT2D eigenvalue weighted by atomic mass is 16.3. The van der Waals surface area contributed by atoms with Crippen LogP contribution in [0.25, 0.3) is 0 Å². The van der Waals surface area contributed by atoms with Gasteiger partial charge in [-0.1, -0.05) is 26.8 Å². The number of benzene rings is 1. The Labute approximate surface area is 142 Å². The third kappa shape index (κ3) is 3.35. The van der Waals surface area contributed by atoms with Gasteiger partial charge in [-0.2, -0.15) is 0 Å². The van der Waals surface area contributed by atoms with E-state index >= 15 is 0 Å². The van der Waals surface area contributed by atoms with E-state index in [0.717, 1.165) is 5.56 Å². The minimum Gasteiger partial charge on any atom is -0.506 e. The number of ketones is 1. The van der Waals surface area contributed by atoms with Gasteiger partial charge in [0.25, 0.3) is 5.91 Å². The minimum absolute atomic E-state index is 0.00377. The van der Waals surface area contributed by atoms with E-state index in [1.807, 2.05) is 6.07 Å². The van der Waals surface area contributed by atoms with Crippen molar-refractivity contribution < 1.29 is 14.7 Å². The van der Waals surface area contributed by atoms with Gasteiger partial charge in [0.2, 0.25) is 0 Å². The number of aromatic hydroxyl groups is 1. The lowest BCUT2D eigenvalue weighted by Gasteiger charge is -2.20. The van der Waals surface area contributed by atoms with E-state index < -0.39 is 0 Å². The van der Waals surface area contributed by atoms with Crippen LogP contribution >= 0.6 is 0 Å². The number of hydrogen-bond acceptors (Lipinski definition) is 3. The molecule has 0 saturated heterocycles. The Kier molecular flexibility index (Phi) is 4.56. The second-order valence-electron chi connectivity index (χ2n) is 7.12. The zero-order chi connectivity index (χ0) is 18.2. The third-order valence-corrected chi connectivity index (χ3v) is 4.13. The Morgan fingerprint density at radius 1 is 1.17 bits per heavy atom. The molecule has 0 fully saturated rings. The standard InChI is InChI=1S/C19H24N2O3/c1-10-16(12(3)22)11(2)20-17(10)18(24)21-14-9-13(19(4,5)6)7-8-15(14)23/h7-9,20,23H,1-6H3,(H,21,24). The molecule has 2 aromatic rings. The highest BCUT2D eigenvalue weighted by Gasteiger charge is 2.21. The first-order valence-electron chi connectivity index (χ1n) is 7.87. The summed E-state index contributed by atoms with van der Waals surface area (Å²) in [6.45, 7) is 11.1. The molecule has 1 aromatic heterocycles. The first-order valence-corrected chi connectivity index (χ1v) is 7.87. The van der Waals surface area contributed by atoms with Gasteiger partial charge in [-0.05, 0) is 49.4 Å². The molecule has 128 valence electrons. The average Bonchev–Trinajstić information content (AvgIpc) is 2.75. The summed E-state index contributed by atoms with van der Waals surface area (Å²) < 4.78 is 0. The van der Waals surface area contributed by atoms with Crippen LogP contribution in [0.5, 0.6) is 5.75 Å². The van der Waals surface area contributed by atoms with Crippen LogP contribution < -0.4 is 5.32 Å². The Hall–Kier alpha value is -2.56. The number of carbonyl (C=O) groups is 2. The van der Waals surface area contributed by atoms with Crippen molar-refractivity contribution >= 4 is 17.4 Å². The van der Waals surface area contributed by atoms with Crippen LogP contribution in [0.1, 0.15) is 65.4 Å². The topological polar surface area (TPSA) is 82.2 Å². The van der Waals surface area contributed by atoms with Gasteiger partial charge in [-0.15, -0.1) is 0 Å². The molecule has 1 heterocycles. The number of aromatic amines is 1. The number of hydrogen-bond donors (Lipinski definition) is 3. The van der Waals surface area contributed by atoms with E-state index in [2.05, 4.69) is 31.1 Å². The fraction of sp³-hybridized carbons (Fsp3) is 0.368. The fourth-order valence-electron chi connectivity index (χ4n) is 2.79. The van der Waals surface area contributed by atoms with Crippen molar-refractivity contribution in [2.24, 2.45) is 0 Å². The van der Waals surface area contributed by atoms with Crippen LogP contribution in [-0.2, 0) is 5.41 Å². The Morgan fingerprint density at radius 3 is 2.29 bits per heavy atom. The van der Waals surface area contributed by atoms with E-state index in [0.29, 0.717) is 28.2 Å². The molecule has 0 aliphatic heterocycles. The zero-order valence-electron chi connectivity index (χ0n) is 15.0. The molecule has 5 nitrogen and oxygen atoms in total. The molecule has 0 saturated carbocycles. The van der Waals surface area contributed by atoms with Crippen LogP contribution in [0, 0.1) is 13.8 Å². The number of carbonyl (C=O) groups excluding carboxylic acids is 2. The molecule has 2 rings (SSSR count). The monoisotopic (exact) mass is 328 g/mol. The number of H-pyrrole nitrogens is 1. The fourth-order valence-corrected chi connectivity index (χ4v) is 2.79. The maximum absolute atomic E-state index is 12.6. The summed E-state index contributed by atoms with van der Waals surface area (Å²) in [5.41, 5.74) is 3.39. The number of rotatable bonds is 3. The van der Waals surface area contributed by atoms with Crippen molar-refractivity contribution in [1.82, 2.24) is 4.98 Å². The molecular formula is C19H24N2O3. The highest BCUT2D eigenvalue weighted by Crippen LogP contribution is 2.31. The van der Waals surface area contributed by atoms with Gasteiger partial charge in [-0.3, -0.25) is 9.59 Å². The third-order valence-electron chi connectivity index (χ3n) is 4.13. The maximum atomic E-state index is 12.6. The summed E-state index contributed by atoms with van der Waals surface area (Å²) in [6.07, 6.45) is 0. The first kappa shape index (κ1) is 17.8. The van der Waals surface area contributed by atoms with Crippen LogP contribution in [0.4, 0.5) is 5.69 Å². The molecular weight excluding hydrogens is 304 g/mol. The number of Topliss-reactive ketones (excluding diaryl/α,β-unsaturated/α-hetero) is 1. The average molecular weight is 328 g/mol. The van der Waals surface area contributed by atoms with E-state index in [4.69, 9.17) is 0 Å². The number of aromatic nitrogens is 1. The van der Waals surface area contributed by atoms with Gasteiger partial charge in [0, 0.05) is 11.3 Å². The number of anilines is 1. The van der Waals surface area contributed by atoms with Crippen LogP contribution in [0.3, 0.4) is 0 Å². The predicted molar refractivity (Wildman–Crippen MR) is 95.0 cm³/mol. The van der Waals surface area contributed by atoms with Crippen molar-refractivity contribution in [3.8, 4) is 5.75 Å². The van der Waals surface area contributed by atoms with Gasteiger partial charge in [-0.25, -0.2) is 0 Å². The Balaban J connectivity index is 2.38. The van der Waals surface area contributed by atoms with E-state index in [1.54, 1.807) is 26.0 Å². The molecule has 0 aliphatic carbocycles. The molecule has 1 aromatic carbocycles.